The first kappa shape index (κ1) is 47.7. The van der Waals surface area contributed by atoms with Gasteiger partial charge in [0.2, 0.25) is 11.8 Å². The number of nitrogens with one attached hydrogen (secondary N) is 2. The van der Waals surface area contributed by atoms with E-state index in [2.05, 4.69) is 15.6 Å². The Morgan fingerprint density at radius 1 is 0.636 bits per heavy atom. The van der Waals surface area contributed by atoms with Crippen molar-refractivity contribution in [3.63, 3.8) is 0 Å². The molecule has 2 rings (SSSR count). The number of aliphatic hydroxyl groups is 10. The zero-order chi connectivity index (χ0) is 41.2. The smallest absolute Gasteiger partial charge is 0.320 e. The summed E-state index contributed by atoms with van der Waals surface area (Å²) in [5.41, 5.74) is 0.858. The molecule has 314 valence electrons. The number of hydrogen-bond acceptors (Lipinski definition) is 18. The van der Waals surface area contributed by atoms with Crippen LogP contribution in [0, 0.1) is 0 Å². The third kappa shape index (κ3) is 15.9. The van der Waals surface area contributed by atoms with E-state index in [4.69, 9.17) is 14.9 Å². The standard InChI is InChI=1S/C33H55N5O17/c39-16-24(43)30(49)28(47)22(41)12-34-26(45)6-4-20(32(51)52)37-8-10-55-11-9-38(15-19-3-1-2-18(14-37)36-19)21(33(53)54)5-7-27(46)35-13-23(42)29(48)31(50)25(44)17-40/h1-3,20-25,28-31,39-44,47-50H,4-17H2,(H,34,45)(H,35,46)(H,51,52)(H,53,54)/t20-,21-,22+,23+,24-,25-,28-,29-,30-,31-/m1/s1. The van der Waals surface area contributed by atoms with Crippen LogP contribution in [-0.4, -0.2) is 213 Å². The number of carboxylic acids is 2. The van der Waals surface area contributed by atoms with Crippen LogP contribution in [0.4, 0.5) is 0 Å². The fourth-order valence-corrected chi connectivity index (χ4v) is 5.72. The van der Waals surface area contributed by atoms with Crippen LogP contribution in [0.2, 0.25) is 0 Å². The maximum Gasteiger partial charge on any atom is 0.320 e. The number of rotatable bonds is 22. The van der Waals surface area contributed by atoms with Crippen molar-refractivity contribution in [2.45, 2.75) is 99.7 Å². The number of hydrogen-bond donors (Lipinski definition) is 14. The van der Waals surface area contributed by atoms with Gasteiger partial charge in [-0.1, -0.05) is 6.07 Å². The highest BCUT2D eigenvalue weighted by molar-refractivity contribution is 5.79. The highest BCUT2D eigenvalue weighted by Crippen LogP contribution is 2.17. The average Bonchev–Trinajstić information content (AvgIpc) is 3.16. The summed E-state index contributed by atoms with van der Waals surface area (Å²) in [5, 5.41) is 121. The number of fused-ring (bicyclic) bond motifs is 2. The van der Waals surface area contributed by atoms with Crippen LogP contribution < -0.4 is 10.6 Å². The van der Waals surface area contributed by atoms with Crippen LogP contribution in [-0.2, 0) is 37.0 Å². The molecular formula is C33H55N5O17. The normalized spacial score (nSPS) is 20.2. The first-order chi connectivity index (χ1) is 26.0. The summed E-state index contributed by atoms with van der Waals surface area (Å²) < 4.78 is 5.75. The molecule has 55 heavy (non-hydrogen) atoms. The molecule has 2 bridgehead atoms. The minimum absolute atomic E-state index is 0.00479. The Labute approximate surface area is 316 Å². The second-order valence-electron chi connectivity index (χ2n) is 13.2. The predicted octanol–water partition coefficient (Wildman–Crippen LogP) is -6.71. The van der Waals surface area contributed by atoms with Crippen LogP contribution in [0.3, 0.4) is 0 Å². The summed E-state index contributed by atoms with van der Waals surface area (Å²) >= 11 is 0. The Balaban J connectivity index is 2.06. The summed E-state index contributed by atoms with van der Waals surface area (Å²) in [4.78, 5) is 57.5. The fraction of sp³-hybridized carbons (Fsp3) is 0.727. The molecule has 0 aliphatic carbocycles. The van der Waals surface area contributed by atoms with E-state index >= 15 is 0 Å². The molecule has 0 saturated heterocycles. The number of ether oxygens (including phenoxy) is 1. The largest absolute Gasteiger partial charge is 0.480 e. The molecule has 1 aliphatic rings. The average molecular weight is 794 g/mol. The van der Waals surface area contributed by atoms with Crippen molar-refractivity contribution in [1.29, 1.82) is 0 Å². The van der Waals surface area contributed by atoms with Crippen LogP contribution in [0.1, 0.15) is 37.1 Å². The van der Waals surface area contributed by atoms with E-state index in [1.807, 2.05) is 0 Å². The Kier molecular flexibility index (Phi) is 21.0. The van der Waals surface area contributed by atoms with E-state index in [1.165, 1.54) is 0 Å². The Bertz CT molecular complexity index is 1250. The van der Waals surface area contributed by atoms with Crippen LogP contribution in [0.15, 0.2) is 18.2 Å². The molecule has 0 aromatic carbocycles. The maximum absolute atomic E-state index is 12.5. The first-order valence-corrected chi connectivity index (χ1v) is 17.7. The second kappa shape index (κ2) is 24.2. The van der Waals surface area contributed by atoms with Crippen molar-refractivity contribution in [3.8, 4) is 0 Å². The molecule has 0 fully saturated rings. The summed E-state index contributed by atoms with van der Waals surface area (Å²) in [6.45, 7) is -2.65. The number of aliphatic hydroxyl groups excluding tert-OH is 10. The minimum Gasteiger partial charge on any atom is -0.480 e. The van der Waals surface area contributed by atoms with Crippen LogP contribution in [0.5, 0.6) is 0 Å². The molecule has 2 heterocycles. The predicted molar refractivity (Wildman–Crippen MR) is 185 cm³/mol. The van der Waals surface area contributed by atoms with Gasteiger partial charge in [0.25, 0.3) is 0 Å². The third-order valence-electron chi connectivity index (χ3n) is 9.05. The maximum atomic E-state index is 12.5. The SMILES string of the molecule is O=C(CC[C@H](C(=O)O)N1CCOCCN([C@H](CCC(=O)NC[C@H](O)[C@@H](O)[C@H](O)[C@H](O)CO)C(=O)O)Cc2cccc(n2)C1)NC[C@H](O)[C@@H](O)[C@H](O)[C@H](O)CO. The van der Waals surface area contributed by atoms with Crippen molar-refractivity contribution in [3.05, 3.63) is 29.6 Å². The molecule has 10 atom stereocenters. The molecule has 14 N–H and O–H groups in total. The summed E-state index contributed by atoms with van der Waals surface area (Å²) in [6.07, 6.45) is -15.4. The summed E-state index contributed by atoms with van der Waals surface area (Å²) in [7, 11) is 0. The molecule has 1 aromatic rings. The highest BCUT2D eigenvalue weighted by atomic mass is 16.5. The van der Waals surface area contributed by atoms with Gasteiger partial charge >= 0.3 is 11.9 Å². The van der Waals surface area contributed by atoms with Gasteiger partial charge in [0.15, 0.2) is 0 Å². The number of nitrogens with zero attached hydrogens (tertiary/aromatic N) is 3. The van der Waals surface area contributed by atoms with Gasteiger partial charge in [0, 0.05) is 52.1 Å². The monoisotopic (exact) mass is 793 g/mol. The number of pyridine rings is 1. The minimum atomic E-state index is -1.89. The third-order valence-corrected chi connectivity index (χ3v) is 9.05. The Hall–Kier alpha value is -3.49. The van der Waals surface area contributed by atoms with Gasteiger partial charge in [-0.15, -0.1) is 0 Å². The molecule has 0 radical (unpaired) electrons. The van der Waals surface area contributed by atoms with Gasteiger partial charge in [-0.05, 0) is 25.0 Å². The quantitative estimate of drug-likeness (QED) is 0.0519. The molecule has 22 heteroatoms. The number of carbonyl (C=O) groups excluding carboxylic acids is 2. The molecule has 22 nitrogen and oxygen atoms in total. The van der Waals surface area contributed by atoms with Gasteiger partial charge in [-0.3, -0.25) is 34.0 Å². The summed E-state index contributed by atoms with van der Waals surface area (Å²) in [6, 6.07) is 2.56. The van der Waals surface area contributed by atoms with Crippen molar-refractivity contribution in [1.82, 2.24) is 25.4 Å². The van der Waals surface area contributed by atoms with E-state index in [-0.39, 0.29) is 65.1 Å². The number of amides is 2. The lowest BCUT2D eigenvalue weighted by Gasteiger charge is -2.31. The van der Waals surface area contributed by atoms with E-state index in [9.17, 15) is 70.2 Å². The second-order valence-corrected chi connectivity index (χ2v) is 13.2. The molecule has 0 saturated carbocycles. The topological polar surface area (TPSA) is 364 Å². The zero-order valence-corrected chi connectivity index (χ0v) is 30.2. The van der Waals surface area contributed by atoms with Crippen LogP contribution in [0.25, 0.3) is 0 Å². The van der Waals surface area contributed by atoms with Gasteiger partial charge in [0.1, 0.15) is 48.7 Å². The zero-order valence-electron chi connectivity index (χ0n) is 30.2. The van der Waals surface area contributed by atoms with Crippen molar-refractivity contribution >= 4 is 23.8 Å². The lowest BCUT2D eigenvalue weighted by molar-refractivity contribution is -0.145. The number of aliphatic carboxylic acids is 2. The van der Waals surface area contributed by atoms with Crippen molar-refractivity contribution in [2.24, 2.45) is 0 Å². The molecule has 2 amide bonds. The van der Waals surface area contributed by atoms with Gasteiger partial charge in [0.05, 0.1) is 50.0 Å². The lowest BCUT2D eigenvalue weighted by atomic mass is 10.0. The summed E-state index contributed by atoms with van der Waals surface area (Å²) in [5.74, 6) is -3.82. The van der Waals surface area contributed by atoms with E-state index in [1.54, 1.807) is 28.0 Å². The highest BCUT2D eigenvalue weighted by Gasteiger charge is 2.33. The number of carbonyl (C=O) groups is 4. The molecule has 1 aliphatic heterocycles. The van der Waals surface area contributed by atoms with E-state index in [0.29, 0.717) is 11.4 Å². The molecule has 0 spiro atoms. The molecule has 1 aromatic heterocycles. The molecular weight excluding hydrogens is 738 g/mol. The Morgan fingerprint density at radius 3 is 1.35 bits per heavy atom. The first-order valence-electron chi connectivity index (χ1n) is 17.7. The lowest BCUT2D eigenvalue weighted by Crippen LogP contribution is -2.50. The Morgan fingerprint density at radius 2 is 1.00 bits per heavy atom. The van der Waals surface area contributed by atoms with E-state index in [0.717, 1.165) is 0 Å². The van der Waals surface area contributed by atoms with Crippen molar-refractivity contribution < 1.29 is 85.2 Å². The van der Waals surface area contributed by atoms with E-state index < -0.39 is 111 Å². The van der Waals surface area contributed by atoms with Gasteiger partial charge in [-0.25, -0.2) is 0 Å². The number of carboxylic acid groups (broad SMARTS) is 2. The fourth-order valence-electron chi connectivity index (χ4n) is 5.72. The van der Waals surface area contributed by atoms with Crippen molar-refractivity contribution in [2.75, 3.05) is 52.6 Å². The number of aromatic nitrogens is 1. The van der Waals surface area contributed by atoms with Crippen LogP contribution >= 0.6 is 0 Å². The van der Waals surface area contributed by atoms with Gasteiger partial charge < -0.3 is 76.6 Å². The molecule has 0 unspecified atom stereocenters. The van der Waals surface area contributed by atoms with Gasteiger partial charge in [-0.2, -0.15) is 0 Å².